The molecule has 2 aromatic rings. The molecule has 0 aromatic heterocycles. The van der Waals surface area contributed by atoms with Crippen molar-refractivity contribution < 1.29 is 4.79 Å². The van der Waals surface area contributed by atoms with E-state index in [-0.39, 0.29) is 17.9 Å². The van der Waals surface area contributed by atoms with Crippen LogP contribution in [0.2, 0.25) is 0 Å². The molecule has 3 heteroatoms. The molecule has 1 aliphatic rings. The van der Waals surface area contributed by atoms with Gasteiger partial charge in [-0.3, -0.25) is 4.79 Å². The van der Waals surface area contributed by atoms with Gasteiger partial charge in [-0.1, -0.05) is 54.6 Å². The molecule has 0 fully saturated rings. The van der Waals surface area contributed by atoms with Crippen molar-refractivity contribution in [2.75, 3.05) is 6.54 Å². The molecule has 20 heavy (non-hydrogen) atoms. The molecule has 3 nitrogen and oxygen atoms in total. The molecule has 0 aliphatic heterocycles. The predicted octanol–water partition coefficient (Wildman–Crippen LogP) is 2.14. The lowest BCUT2D eigenvalue weighted by molar-refractivity contribution is -0.123. The Kier molecular flexibility index (Phi) is 3.52. The Balaban J connectivity index is 1.56. The number of carbonyl (C=O) groups is 1. The van der Waals surface area contributed by atoms with E-state index in [1.54, 1.807) is 0 Å². The van der Waals surface area contributed by atoms with Gasteiger partial charge in [0.25, 0.3) is 0 Å². The first-order chi connectivity index (χ1) is 9.75. The highest BCUT2D eigenvalue weighted by molar-refractivity contribution is 5.86. The van der Waals surface area contributed by atoms with Crippen LogP contribution in [0.15, 0.2) is 54.6 Å². The summed E-state index contributed by atoms with van der Waals surface area (Å²) >= 11 is 0. The summed E-state index contributed by atoms with van der Waals surface area (Å²) in [6.07, 6.45) is 0.836. The van der Waals surface area contributed by atoms with Crippen molar-refractivity contribution in [3.05, 3.63) is 71.3 Å². The fourth-order valence-corrected chi connectivity index (χ4v) is 2.64. The molecule has 3 rings (SSSR count). The quantitative estimate of drug-likeness (QED) is 0.891. The molecular formula is C17H18N2O. The monoisotopic (exact) mass is 266 g/mol. The van der Waals surface area contributed by atoms with Crippen molar-refractivity contribution in [1.82, 2.24) is 5.32 Å². The molecule has 2 unspecified atom stereocenters. The predicted molar refractivity (Wildman–Crippen MR) is 79.3 cm³/mol. The van der Waals surface area contributed by atoms with Crippen molar-refractivity contribution in [2.24, 2.45) is 5.73 Å². The fourth-order valence-electron chi connectivity index (χ4n) is 2.64. The standard InChI is InChI=1S/C17H18N2O/c18-16(12-6-2-1-3-7-12)11-19-17(20)15-10-13-8-4-5-9-14(13)15/h1-9,15-16H,10-11,18H2,(H,19,20). The minimum atomic E-state index is -0.157. The van der Waals surface area contributed by atoms with Gasteiger partial charge in [-0.25, -0.2) is 0 Å². The Morgan fingerprint density at radius 1 is 1.15 bits per heavy atom. The van der Waals surface area contributed by atoms with Gasteiger partial charge in [-0.05, 0) is 23.1 Å². The van der Waals surface area contributed by atoms with Crippen LogP contribution in [-0.2, 0) is 11.2 Å². The summed E-state index contributed by atoms with van der Waals surface area (Å²) in [6.45, 7) is 0.474. The molecule has 1 amide bonds. The molecule has 0 radical (unpaired) electrons. The summed E-state index contributed by atoms with van der Waals surface area (Å²) in [5.74, 6) is 0.0734. The van der Waals surface area contributed by atoms with E-state index in [1.165, 1.54) is 5.56 Å². The molecule has 2 atom stereocenters. The first kappa shape index (κ1) is 12.9. The van der Waals surface area contributed by atoms with Gasteiger partial charge in [0.15, 0.2) is 0 Å². The van der Waals surface area contributed by atoms with E-state index in [0.717, 1.165) is 17.5 Å². The van der Waals surface area contributed by atoms with Crippen LogP contribution in [0, 0.1) is 0 Å². The average Bonchev–Trinajstić information content (AvgIpc) is 2.47. The smallest absolute Gasteiger partial charge is 0.227 e. The van der Waals surface area contributed by atoms with Crippen LogP contribution >= 0.6 is 0 Å². The van der Waals surface area contributed by atoms with Crippen LogP contribution in [-0.4, -0.2) is 12.5 Å². The minimum absolute atomic E-state index is 0.00540. The van der Waals surface area contributed by atoms with Crippen LogP contribution in [0.5, 0.6) is 0 Å². The van der Waals surface area contributed by atoms with Crippen LogP contribution < -0.4 is 11.1 Å². The van der Waals surface area contributed by atoms with E-state index in [4.69, 9.17) is 5.73 Å². The Labute approximate surface area is 118 Å². The molecule has 0 spiro atoms. The maximum Gasteiger partial charge on any atom is 0.227 e. The minimum Gasteiger partial charge on any atom is -0.354 e. The SMILES string of the molecule is NC(CNC(=O)C1Cc2ccccc21)c1ccccc1. The van der Waals surface area contributed by atoms with Crippen molar-refractivity contribution in [3.63, 3.8) is 0 Å². The highest BCUT2D eigenvalue weighted by atomic mass is 16.1. The molecule has 2 aromatic carbocycles. The number of amides is 1. The van der Waals surface area contributed by atoms with Gasteiger partial charge in [0.1, 0.15) is 0 Å². The van der Waals surface area contributed by atoms with Crippen LogP contribution in [0.3, 0.4) is 0 Å². The summed E-state index contributed by atoms with van der Waals surface area (Å²) in [4.78, 5) is 12.2. The van der Waals surface area contributed by atoms with E-state index >= 15 is 0 Å². The number of fused-ring (bicyclic) bond motifs is 1. The summed E-state index contributed by atoms with van der Waals surface area (Å²) in [6, 6.07) is 17.8. The molecule has 0 saturated heterocycles. The zero-order valence-electron chi connectivity index (χ0n) is 11.3. The van der Waals surface area contributed by atoms with Crippen molar-refractivity contribution in [1.29, 1.82) is 0 Å². The topological polar surface area (TPSA) is 55.1 Å². The van der Waals surface area contributed by atoms with Gasteiger partial charge in [0, 0.05) is 12.6 Å². The number of nitrogens with one attached hydrogen (secondary N) is 1. The Hall–Kier alpha value is -2.13. The zero-order valence-corrected chi connectivity index (χ0v) is 11.3. The molecule has 0 bridgehead atoms. The second-order valence-electron chi connectivity index (χ2n) is 5.22. The normalized spacial score (nSPS) is 17.8. The van der Waals surface area contributed by atoms with Crippen LogP contribution in [0.1, 0.15) is 28.7 Å². The van der Waals surface area contributed by atoms with E-state index < -0.39 is 0 Å². The van der Waals surface area contributed by atoms with E-state index in [1.807, 2.05) is 48.5 Å². The van der Waals surface area contributed by atoms with E-state index in [9.17, 15) is 4.79 Å². The third-order valence-corrected chi connectivity index (χ3v) is 3.89. The summed E-state index contributed by atoms with van der Waals surface area (Å²) < 4.78 is 0. The molecule has 0 saturated carbocycles. The van der Waals surface area contributed by atoms with Gasteiger partial charge in [0.2, 0.25) is 5.91 Å². The van der Waals surface area contributed by atoms with Gasteiger partial charge in [0.05, 0.1) is 5.92 Å². The second-order valence-corrected chi connectivity index (χ2v) is 5.22. The molecule has 0 heterocycles. The summed E-state index contributed by atoms with van der Waals surface area (Å²) in [5, 5.41) is 2.96. The van der Waals surface area contributed by atoms with Crippen molar-refractivity contribution in [3.8, 4) is 0 Å². The fraction of sp³-hybridized carbons (Fsp3) is 0.235. The Morgan fingerprint density at radius 3 is 2.60 bits per heavy atom. The maximum atomic E-state index is 12.2. The summed E-state index contributed by atoms with van der Waals surface area (Å²) in [7, 11) is 0. The number of carbonyl (C=O) groups excluding carboxylic acids is 1. The number of nitrogens with two attached hydrogens (primary N) is 1. The lowest BCUT2D eigenvalue weighted by atomic mass is 9.77. The maximum absolute atomic E-state index is 12.2. The largest absolute Gasteiger partial charge is 0.354 e. The third kappa shape index (κ3) is 2.45. The molecule has 3 N–H and O–H groups in total. The second kappa shape index (κ2) is 5.47. The molecular weight excluding hydrogens is 248 g/mol. The third-order valence-electron chi connectivity index (χ3n) is 3.89. The van der Waals surface area contributed by atoms with Gasteiger partial charge in [-0.15, -0.1) is 0 Å². The summed E-state index contributed by atoms with van der Waals surface area (Å²) in [5.41, 5.74) is 9.56. The lowest BCUT2D eigenvalue weighted by Gasteiger charge is -2.29. The van der Waals surface area contributed by atoms with E-state index in [0.29, 0.717) is 6.54 Å². The Bertz CT molecular complexity index is 609. The van der Waals surface area contributed by atoms with Crippen LogP contribution in [0.4, 0.5) is 0 Å². The first-order valence-electron chi connectivity index (χ1n) is 6.92. The highest BCUT2D eigenvalue weighted by Gasteiger charge is 2.31. The number of benzene rings is 2. The first-order valence-corrected chi connectivity index (χ1v) is 6.92. The van der Waals surface area contributed by atoms with Gasteiger partial charge < -0.3 is 11.1 Å². The van der Waals surface area contributed by atoms with Crippen molar-refractivity contribution in [2.45, 2.75) is 18.4 Å². The van der Waals surface area contributed by atoms with Crippen molar-refractivity contribution >= 4 is 5.91 Å². The molecule has 1 aliphatic carbocycles. The van der Waals surface area contributed by atoms with E-state index in [2.05, 4.69) is 11.4 Å². The number of rotatable bonds is 4. The van der Waals surface area contributed by atoms with Crippen LogP contribution in [0.25, 0.3) is 0 Å². The average molecular weight is 266 g/mol. The number of hydrogen-bond acceptors (Lipinski definition) is 2. The molecule has 102 valence electrons. The lowest BCUT2D eigenvalue weighted by Crippen LogP contribution is -2.38. The number of hydrogen-bond donors (Lipinski definition) is 2. The van der Waals surface area contributed by atoms with Gasteiger partial charge in [-0.2, -0.15) is 0 Å². The zero-order chi connectivity index (χ0) is 13.9. The Morgan fingerprint density at radius 2 is 1.85 bits per heavy atom. The van der Waals surface area contributed by atoms with Gasteiger partial charge >= 0.3 is 0 Å². The highest BCUT2D eigenvalue weighted by Crippen LogP contribution is 2.34.